The second-order valence-corrected chi connectivity index (χ2v) is 5.62. The van der Waals surface area contributed by atoms with Crippen LogP contribution in [0, 0.1) is 0 Å². The smallest absolute Gasteiger partial charge is 0.293 e. The number of hydrogen-bond acceptors (Lipinski definition) is 9. The SMILES string of the molecule is CCCc1c(C(=O)NN=C/C(C)=C/c2ccco2)nnn1-c1nonc1N. The zero-order valence-corrected chi connectivity index (χ0v) is 14.8. The zero-order valence-electron chi connectivity index (χ0n) is 14.8. The van der Waals surface area contributed by atoms with E-state index in [-0.39, 0.29) is 17.3 Å². The molecule has 0 aliphatic heterocycles. The Hall–Kier alpha value is -3.76. The van der Waals surface area contributed by atoms with Gasteiger partial charge >= 0.3 is 0 Å². The average Bonchev–Trinajstić information content (AvgIpc) is 3.36. The Labute approximate surface area is 153 Å². The van der Waals surface area contributed by atoms with E-state index in [1.54, 1.807) is 18.4 Å². The summed E-state index contributed by atoms with van der Waals surface area (Å²) in [6.07, 6.45) is 6.16. The maximum Gasteiger partial charge on any atom is 0.293 e. The van der Waals surface area contributed by atoms with E-state index in [2.05, 4.69) is 35.8 Å². The van der Waals surface area contributed by atoms with Gasteiger partial charge in [0.2, 0.25) is 11.6 Å². The molecule has 3 aromatic heterocycles. The van der Waals surface area contributed by atoms with Gasteiger partial charge < -0.3 is 10.2 Å². The van der Waals surface area contributed by atoms with E-state index in [4.69, 9.17) is 10.2 Å². The molecule has 11 heteroatoms. The topological polar surface area (TPSA) is 150 Å². The molecule has 1 amide bonds. The molecule has 0 aliphatic rings. The summed E-state index contributed by atoms with van der Waals surface area (Å²) in [4.78, 5) is 12.4. The van der Waals surface area contributed by atoms with Crippen molar-refractivity contribution in [1.29, 1.82) is 0 Å². The van der Waals surface area contributed by atoms with Crippen molar-refractivity contribution < 1.29 is 13.8 Å². The number of anilines is 1. The van der Waals surface area contributed by atoms with E-state index in [0.29, 0.717) is 17.9 Å². The van der Waals surface area contributed by atoms with Gasteiger partial charge in [0, 0.05) is 0 Å². The van der Waals surface area contributed by atoms with Crippen molar-refractivity contribution in [2.45, 2.75) is 26.7 Å². The summed E-state index contributed by atoms with van der Waals surface area (Å²) >= 11 is 0. The van der Waals surface area contributed by atoms with Crippen LogP contribution in [0.25, 0.3) is 11.9 Å². The third-order valence-corrected chi connectivity index (χ3v) is 3.51. The Morgan fingerprint density at radius 1 is 1.44 bits per heavy atom. The number of nitrogens with two attached hydrogens (primary N) is 1. The Morgan fingerprint density at radius 2 is 2.30 bits per heavy atom. The molecular weight excluding hydrogens is 352 g/mol. The summed E-state index contributed by atoms with van der Waals surface area (Å²) in [6.45, 7) is 3.79. The zero-order chi connectivity index (χ0) is 19.2. The average molecular weight is 370 g/mol. The second kappa shape index (κ2) is 8.08. The van der Waals surface area contributed by atoms with Crippen molar-refractivity contribution in [3.63, 3.8) is 0 Å². The van der Waals surface area contributed by atoms with Crippen LogP contribution < -0.4 is 11.2 Å². The number of nitrogen functional groups attached to an aromatic ring is 1. The minimum absolute atomic E-state index is 0.0564. The Balaban J connectivity index is 1.76. The van der Waals surface area contributed by atoms with Crippen LogP contribution in [0.1, 0.15) is 42.2 Å². The molecule has 0 bridgehead atoms. The summed E-state index contributed by atoms with van der Waals surface area (Å²) < 4.78 is 11.1. The van der Waals surface area contributed by atoms with Gasteiger partial charge in [-0.2, -0.15) is 9.78 Å². The molecule has 0 radical (unpaired) electrons. The molecule has 0 aliphatic carbocycles. The second-order valence-electron chi connectivity index (χ2n) is 5.62. The van der Waals surface area contributed by atoms with E-state index in [0.717, 1.165) is 12.0 Å². The van der Waals surface area contributed by atoms with Crippen LogP contribution in [0.3, 0.4) is 0 Å². The third kappa shape index (κ3) is 4.08. The van der Waals surface area contributed by atoms with E-state index >= 15 is 0 Å². The highest BCUT2D eigenvalue weighted by atomic mass is 16.6. The standard InChI is InChI=1S/C16H18N8O3/c1-3-5-12-13(19-23-24(12)15-14(17)21-27-22-15)16(25)20-18-9-10(2)8-11-6-4-7-26-11/h4,6-9H,3,5H2,1-2H3,(H2,17,21)(H,20,25)/b10-8+,18-9?. The van der Waals surface area contributed by atoms with E-state index in [1.807, 2.05) is 19.9 Å². The van der Waals surface area contributed by atoms with Gasteiger partial charge in [0.05, 0.1) is 18.2 Å². The first kappa shape index (κ1) is 18.0. The molecule has 0 atom stereocenters. The number of carbonyl (C=O) groups is 1. The quantitative estimate of drug-likeness (QED) is 0.470. The van der Waals surface area contributed by atoms with Crippen LogP contribution in [-0.4, -0.2) is 37.4 Å². The highest BCUT2D eigenvalue weighted by molar-refractivity contribution is 5.94. The summed E-state index contributed by atoms with van der Waals surface area (Å²) in [6, 6.07) is 3.60. The number of hydrogen-bond donors (Lipinski definition) is 2. The molecule has 0 unspecified atom stereocenters. The van der Waals surface area contributed by atoms with Crippen LogP contribution in [0.4, 0.5) is 5.82 Å². The van der Waals surface area contributed by atoms with Crippen molar-refractivity contribution in [2.75, 3.05) is 5.73 Å². The first-order valence-corrected chi connectivity index (χ1v) is 8.18. The van der Waals surface area contributed by atoms with Crippen molar-refractivity contribution in [2.24, 2.45) is 5.10 Å². The number of nitrogens with one attached hydrogen (secondary N) is 1. The minimum atomic E-state index is -0.498. The molecule has 0 aromatic carbocycles. The summed E-state index contributed by atoms with van der Waals surface area (Å²) in [5.41, 5.74) is 9.59. The highest BCUT2D eigenvalue weighted by Gasteiger charge is 2.23. The number of hydrazone groups is 1. The maximum atomic E-state index is 12.4. The lowest BCUT2D eigenvalue weighted by atomic mass is 10.2. The largest absolute Gasteiger partial charge is 0.465 e. The molecule has 3 aromatic rings. The molecule has 0 saturated heterocycles. The monoisotopic (exact) mass is 370 g/mol. The molecule has 3 heterocycles. The predicted molar refractivity (Wildman–Crippen MR) is 95.9 cm³/mol. The van der Waals surface area contributed by atoms with Crippen molar-refractivity contribution in [3.8, 4) is 5.82 Å². The van der Waals surface area contributed by atoms with Crippen LogP contribution >= 0.6 is 0 Å². The fraction of sp³-hybridized carbons (Fsp3) is 0.250. The lowest BCUT2D eigenvalue weighted by molar-refractivity contribution is 0.0949. The van der Waals surface area contributed by atoms with Crippen LogP contribution in [-0.2, 0) is 6.42 Å². The van der Waals surface area contributed by atoms with E-state index in [1.165, 1.54) is 10.9 Å². The van der Waals surface area contributed by atoms with Gasteiger partial charge in [0.15, 0.2) is 5.69 Å². The lowest BCUT2D eigenvalue weighted by Crippen LogP contribution is -2.20. The van der Waals surface area contributed by atoms with Gasteiger partial charge in [0.1, 0.15) is 5.76 Å². The molecule has 140 valence electrons. The number of amides is 1. The number of aromatic nitrogens is 5. The Bertz CT molecular complexity index is 968. The van der Waals surface area contributed by atoms with E-state index < -0.39 is 5.91 Å². The number of furan rings is 1. The number of nitrogens with zero attached hydrogens (tertiary/aromatic N) is 6. The van der Waals surface area contributed by atoms with Crippen molar-refractivity contribution in [3.05, 3.63) is 41.1 Å². The molecule has 3 rings (SSSR count). The number of rotatable bonds is 7. The number of allylic oxidation sites excluding steroid dienone is 1. The minimum Gasteiger partial charge on any atom is -0.465 e. The van der Waals surface area contributed by atoms with Gasteiger partial charge in [-0.25, -0.2) is 10.1 Å². The van der Waals surface area contributed by atoms with Gasteiger partial charge in [-0.05, 0) is 47.4 Å². The highest BCUT2D eigenvalue weighted by Crippen LogP contribution is 2.17. The van der Waals surface area contributed by atoms with Gasteiger partial charge in [0.25, 0.3) is 5.91 Å². The molecular formula is C16H18N8O3. The molecule has 3 N–H and O–H groups in total. The molecule has 0 saturated carbocycles. The first-order valence-electron chi connectivity index (χ1n) is 8.18. The van der Waals surface area contributed by atoms with Gasteiger partial charge in [-0.15, -0.1) is 5.10 Å². The fourth-order valence-electron chi connectivity index (χ4n) is 2.33. The van der Waals surface area contributed by atoms with Crippen molar-refractivity contribution >= 4 is 24.0 Å². The van der Waals surface area contributed by atoms with Crippen molar-refractivity contribution in [1.82, 2.24) is 30.7 Å². The molecule has 11 nitrogen and oxygen atoms in total. The van der Waals surface area contributed by atoms with Crippen LogP contribution in [0.2, 0.25) is 0 Å². The van der Waals surface area contributed by atoms with Crippen LogP contribution in [0.5, 0.6) is 0 Å². The van der Waals surface area contributed by atoms with E-state index in [9.17, 15) is 4.79 Å². The summed E-state index contributed by atoms with van der Waals surface area (Å²) in [5.74, 6) is 0.436. The normalized spacial score (nSPS) is 12.0. The maximum absolute atomic E-state index is 12.4. The molecule has 0 spiro atoms. The predicted octanol–water partition coefficient (Wildman–Crippen LogP) is 1.60. The lowest BCUT2D eigenvalue weighted by Gasteiger charge is -2.03. The van der Waals surface area contributed by atoms with Gasteiger partial charge in [-0.1, -0.05) is 18.6 Å². The first-order chi connectivity index (χ1) is 13.1. The molecule has 27 heavy (non-hydrogen) atoms. The fourth-order valence-corrected chi connectivity index (χ4v) is 2.33. The summed E-state index contributed by atoms with van der Waals surface area (Å²) in [5, 5.41) is 19.0. The number of carbonyl (C=O) groups excluding carboxylic acids is 1. The summed E-state index contributed by atoms with van der Waals surface area (Å²) in [7, 11) is 0. The third-order valence-electron chi connectivity index (χ3n) is 3.51. The Kier molecular flexibility index (Phi) is 5.40. The van der Waals surface area contributed by atoms with Gasteiger partial charge in [-0.3, -0.25) is 4.79 Å². The molecule has 0 fully saturated rings. The Morgan fingerprint density at radius 3 is 2.96 bits per heavy atom. The van der Waals surface area contributed by atoms with Crippen LogP contribution in [0.15, 0.2) is 38.1 Å².